The fraction of sp³-hybridized carbons (Fsp3) is 0.235. The number of nitrogens with two attached hydrogens (primary N) is 1. The van der Waals surface area contributed by atoms with Gasteiger partial charge in [-0.05, 0) is 11.1 Å². The van der Waals surface area contributed by atoms with Crippen molar-refractivity contribution in [2.45, 2.75) is 17.9 Å². The maximum absolute atomic E-state index is 11.6. The molecule has 0 bridgehead atoms. The highest BCUT2D eigenvalue weighted by atomic mass is 16.4. The fourth-order valence-electron chi connectivity index (χ4n) is 3.30. The van der Waals surface area contributed by atoms with Crippen molar-refractivity contribution in [1.82, 2.24) is 0 Å². The van der Waals surface area contributed by atoms with Crippen molar-refractivity contribution in [1.29, 1.82) is 0 Å². The van der Waals surface area contributed by atoms with Crippen LogP contribution in [0.1, 0.15) is 23.0 Å². The van der Waals surface area contributed by atoms with Gasteiger partial charge in [-0.25, -0.2) is 0 Å². The Morgan fingerprint density at radius 1 is 0.850 bits per heavy atom. The molecular formula is C17H17NO2. The van der Waals surface area contributed by atoms with Gasteiger partial charge in [0.25, 0.3) is 0 Å². The van der Waals surface area contributed by atoms with Gasteiger partial charge >= 0.3 is 5.97 Å². The summed E-state index contributed by atoms with van der Waals surface area (Å²) in [5, 5.41) is 9.56. The third-order valence-corrected chi connectivity index (χ3v) is 4.26. The van der Waals surface area contributed by atoms with Crippen LogP contribution < -0.4 is 5.73 Å². The molecule has 0 unspecified atom stereocenters. The molecule has 3 heteroatoms. The number of carboxylic acid groups (broad SMARTS) is 1. The number of carboxylic acids is 1. The summed E-state index contributed by atoms with van der Waals surface area (Å²) in [5.41, 5.74) is 8.32. The fourth-order valence-corrected chi connectivity index (χ4v) is 3.30. The Labute approximate surface area is 118 Å². The number of benzene rings is 2. The van der Waals surface area contributed by atoms with Gasteiger partial charge in [0.1, 0.15) is 0 Å². The standard InChI is InChI=1S/C17H17NO2/c18-16-13(11-7-3-1-4-8-11)15(17(19)20)14(16)12-9-5-2-6-10-12/h1-10,13-16H,18H2,(H,19,20)/t13-,14-,15?,16?/m1/s1. The molecule has 0 aromatic heterocycles. The van der Waals surface area contributed by atoms with Crippen LogP contribution in [0.3, 0.4) is 0 Å². The molecule has 1 aliphatic rings. The van der Waals surface area contributed by atoms with E-state index in [9.17, 15) is 9.90 Å². The molecule has 3 nitrogen and oxygen atoms in total. The number of hydrogen-bond acceptors (Lipinski definition) is 2. The quantitative estimate of drug-likeness (QED) is 0.898. The van der Waals surface area contributed by atoms with Crippen LogP contribution in [0.15, 0.2) is 60.7 Å². The lowest BCUT2D eigenvalue weighted by atomic mass is 9.56. The van der Waals surface area contributed by atoms with Crippen LogP contribution in [0.25, 0.3) is 0 Å². The monoisotopic (exact) mass is 267 g/mol. The molecule has 0 radical (unpaired) electrons. The number of aliphatic carboxylic acids is 1. The molecule has 3 N–H and O–H groups in total. The van der Waals surface area contributed by atoms with Gasteiger partial charge in [0, 0.05) is 17.9 Å². The maximum atomic E-state index is 11.6. The highest BCUT2D eigenvalue weighted by molar-refractivity contribution is 5.75. The van der Waals surface area contributed by atoms with E-state index in [4.69, 9.17) is 5.73 Å². The zero-order chi connectivity index (χ0) is 14.1. The van der Waals surface area contributed by atoms with Crippen LogP contribution in [-0.2, 0) is 4.79 Å². The predicted octanol–water partition coefficient (Wildman–Crippen LogP) is 2.60. The molecule has 0 amide bonds. The van der Waals surface area contributed by atoms with E-state index in [1.807, 2.05) is 60.7 Å². The van der Waals surface area contributed by atoms with Crippen LogP contribution in [0.4, 0.5) is 0 Å². The lowest BCUT2D eigenvalue weighted by Gasteiger charge is -2.48. The summed E-state index contributed by atoms with van der Waals surface area (Å²) in [7, 11) is 0. The van der Waals surface area contributed by atoms with Crippen LogP contribution in [-0.4, -0.2) is 17.1 Å². The SMILES string of the molecule is NC1[C@H](c2ccccc2)C(C(=O)O)[C@H]1c1ccccc1. The normalized spacial score (nSPS) is 28.6. The molecule has 3 rings (SSSR count). The second-order valence-electron chi connectivity index (χ2n) is 5.31. The summed E-state index contributed by atoms with van der Waals surface area (Å²) in [5.74, 6) is -1.44. The van der Waals surface area contributed by atoms with E-state index in [1.165, 1.54) is 0 Å². The first-order chi connectivity index (χ1) is 9.70. The van der Waals surface area contributed by atoms with Gasteiger partial charge in [-0.2, -0.15) is 0 Å². The van der Waals surface area contributed by atoms with Gasteiger partial charge in [0.2, 0.25) is 0 Å². The van der Waals surface area contributed by atoms with Gasteiger partial charge in [-0.3, -0.25) is 4.79 Å². The highest BCUT2D eigenvalue weighted by Gasteiger charge is 2.53. The van der Waals surface area contributed by atoms with Gasteiger partial charge in [-0.1, -0.05) is 60.7 Å². The van der Waals surface area contributed by atoms with Crippen LogP contribution >= 0.6 is 0 Å². The summed E-state index contributed by atoms with van der Waals surface area (Å²) >= 11 is 0. The Balaban J connectivity index is 1.94. The minimum atomic E-state index is -0.769. The summed E-state index contributed by atoms with van der Waals surface area (Å²) in [6.07, 6.45) is 0. The molecule has 2 aromatic carbocycles. The molecule has 0 spiro atoms. The Kier molecular flexibility index (Phi) is 3.28. The minimum absolute atomic E-state index is 0.112. The second kappa shape index (κ2) is 5.10. The van der Waals surface area contributed by atoms with Crippen molar-refractivity contribution in [3.8, 4) is 0 Å². The van der Waals surface area contributed by atoms with Crippen LogP contribution in [0.2, 0.25) is 0 Å². The summed E-state index contributed by atoms with van der Waals surface area (Å²) < 4.78 is 0. The largest absolute Gasteiger partial charge is 0.481 e. The molecular weight excluding hydrogens is 250 g/mol. The molecule has 102 valence electrons. The Morgan fingerprint density at radius 3 is 1.60 bits per heavy atom. The van der Waals surface area contributed by atoms with E-state index in [1.54, 1.807) is 0 Å². The lowest BCUT2D eigenvalue weighted by molar-refractivity contribution is -0.147. The molecule has 20 heavy (non-hydrogen) atoms. The summed E-state index contributed by atoms with van der Waals surface area (Å²) in [6, 6.07) is 19.3. The molecule has 0 saturated heterocycles. The zero-order valence-corrected chi connectivity index (χ0v) is 11.0. The van der Waals surface area contributed by atoms with Crippen molar-refractivity contribution in [3.05, 3.63) is 71.8 Å². The third kappa shape index (κ3) is 2.00. The van der Waals surface area contributed by atoms with Crippen molar-refractivity contribution in [2.75, 3.05) is 0 Å². The first-order valence-corrected chi connectivity index (χ1v) is 6.78. The number of hydrogen-bond donors (Lipinski definition) is 2. The summed E-state index contributed by atoms with van der Waals surface area (Å²) in [6.45, 7) is 0. The third-order valence-electron chi connectivity index (χ3n) is 4.26. The van der Waals surface area contributed by atoms with Crippen molar-refractivity contribution < 1.29 is 9.90 Å². The second-order valence-corrected chi connectivity index (χ2v) is 5.31. The van der Waals surface area contributed by atoms with Crippen LogP contribution in [0, 0.1) is 5.92 Å². The van der Waals surface area contributed by atoms with Gasteiger partial charge in [-0.15, -0.1) is 0 Å². The molecule has 2 aromatic rings. The molecule has 2 atom stereocenters. The Morgan fingerprint density at radius 2 is 1.25 bits per heavy atom. The Hall–Kier alpha value is -2.13. The zero-order valence-electron chi connectivity index (χ0n) is 11.0. The minimum Gasteiger partial charge on any atom is -0.481 e. The van der Waals surface area contributed by atoms with Crippen molar-refractivity contribution in [3.63, 3.8) is 0 Å². The molecule has 0 aliphatic heterocycles. The van der Waals surface area contributed by atoms with E-state index < -0.39 is 11.9 Å². The van der Waals surface area contributed by atoms with E-state index in [2.05, 4.69) is 0 Å². The average Bonchev–Trinajstić information content (AvgIpc) is 2.46. The van der Waals surface area contributed by atoms with Gasteiger partial charge in [0.15, 0.2) is 0 Å². The van der Waals surface area contributed by atoms with E-state index in [-0.39, 0.29) is 17.9 Å². The Bertz CT molecular complexity index is 549. The van der Waals surface area contributed by atoms with E-state index in [0.29, 0.717) is 0 Å². The predicted molar refractivity (Wildman–Crippen MR) is 77.5 cm³/mol. The number of carbonyl (C=O) groups is 1. The lowest BCUT2D eigenvalue weighted by Crippen LogP contribution is -2.55. The van der Waals surface area contributed by atoms with Gasteiger partial charge in [0.05, 0.1) is 5.92 Å². The topological polar surface area (TPSA) is 63.3 Å². The first-order valence-electron chi connectivity index (χ1n) is 6.78. The smallest absolute Gasteiger partial charge is 0.307 e. The van der Waals surface area contributed by atoms with Gasteiger partial charge < -0.3 is 10.8 Å². The first kappa shape index (κ1) is 12.9. The van der Waals surface area contributed by atoms with Crippen LogP contribution in [0.5, 0.6) is 0 Å². The van der Waals surface area contributed by atoms with Crippen molar-refractivity contribution >= 4 is 5.97 Å². The van der Waals surface area contributed by atoms with E-state index >= 15 is 0 Å². The highest BCUT2D eigenvalue weighted by Crippen LogP contribution is 2.51. The average molecular weight is 267 g/mol. The molecule has 1 fully saturated rings. The molecule has 1 aliphatic carbocycles. The van der Waals surface area contributed by atoms with E-state index in [0.717, 1.165) is 11.1 Å². The molecule has 0 heterocycles. The van der Waals surface area contributed by atoms with Crippen molar-refractivity contribution in [2.24, 2.45) is 11.7 Å². The number of rotatable bonds is 3. The summed E-state index contributed by atoms with van der Waals surface area (Å²) in [4.78, 5) is 11.6. The maximum Gasteiger partial charge on any atom is 0.307 e. The molecule has 1 saturated carbocycles.